The summed E-state index contributed by atoms with van der Waals surface area (Å²) in [4.78, 5) is 18.0. The number of nitrogens with two attached hydrogens (primary N) is 1. The van der Waals surface area contributed by atoms with Gasteiger partial charge in [0.25, 0.3) is 5.91 Å². The molecule has 0 atom stereocenters. The van der Waals surface area contributed by atoms with E-state index in [2.05, 4.69) is 16.8 Å². The first kappa shape index (κ1) is 13.5. The second kappa shape index (κ2) is 6.32. The highest BCUT2D eigenvalue weighted by molar-refractivity contribution is 5.94. The Morgan fingerprint density at radius 2 is 2.21 bits per heavy atom. The molecule has 1 aromatic rings. The average Bonchev–Trinajstić information content (AvgIpc) is 2.45. The van der Waals surface area contributed by atoms with Gasteiger partial charge in [0.1, 0.15) is 0 Å². The molecule has 2 heterocycles. The minimum Gasteiger partial charge on any atom is -0.393 e. The predicted molar refractivity (Wildman–Crippen MR) is 71.3 cm³/mol. The van der Waals surface area contributed by atoms with Crippen molar-refractivity contribution in [2.75, 3.05) is 19.6 Å². The lowest BCUT2D eigenvalue weighted by molar-refractivity contribution is 0.0546. The number of piperidine rings is 1. The molecule has 100 valence electrons. The third-order valence-corrected chi connectivity index (χ3v) is 3.07. The lowest BCUT2D eigenvalue weighted by Gasteiger charge is -2.29. The Labute approximate surface area is 112 Å². The molecule has 0 bridgehead atoms. The minimum atomic E-state index is -0.288. The first-order chi connectivity index (χ1) is 9.20. The maximum Gasteiger partial charge on any atom is 0.255 e. The van der Waals surface area contributed by atoms with Crippen molar-refractivity contribution < 1.29 is 9.90 Å². The summed E-state index contributed by atoms with van der Waals surface area (Å²) in [5.41, 5.74) is 6.53. The molecule has 1 saturated heterocycles. The van der Waals surface area contributed by atoms with E-state index in [4.69, 9.17) is 5.73 Å². The van der Waals surface area contributed by atoms with Crippen LogP contribution >= 0.6 is 0 Å². The smallest absolute Gasteiger partial charge is 0.255 e. The first-order valence-corrected chi connectivity index (χ1v) is 6.32. The third-order valence-electron chi connectivity index (χ3n) is 3.07. The van der Waals surface area contributed by atoms with Crippen molar-refractivity contribution in [2.24, 2.45) is 5.73 Å². The summed E-state index contributed by atoms with van der Waals surface area (Å²) in [6.07, 6.45) is 4.13. The molecule has 1 aliphatic rings. The summed E-state index contributed by atoms with van der Waals surface area (Å²) >= 11 is 0. The van der Waals surface area contributed by atoms with Crippen molar-refractivity contribution in [2.45, 2.75) is 18.9 Å². The van der Waals surface area contributed by atoms with Gasteiger partial charge in [-0.25, -0.2) is 0 Å². The van der Waals surface area contributed by atoms with Crippen LogP contribution in [0.2, 0.25) is 0 Å². The standard InChI is InChI=1S/C14H17N3O2/c15-5-1-2-11-8-12(10-16-9-11)14(19)17-6-3-13(18)4-7-17/h8-10,13,18H,3-7,15H2. The lowest BCUT2D eigenvalue weighted by atomic mass is 10.1. The van der Waals surface area contributed by atoms with Gasteiger partial charge in [-0.05, 0) is 18.9 Å². The zero-order valence-corrected chi connectivity index (χ0v) is 10.7. The summed E-state index contributed by atoms with van der Waals surface area (Å²) in [6.45, 7) is 1.44. The Balaban J connectivity index is 2.10. The Hall–Kier alpha value is -1.90. The number of hydrogen-bond acceptors (Lipinski definition) is 4. The highest BCUT2D eigenvalue weighted by Crippen LogP contribution is 2.13. The number of amides is 1. The average molecular weight is 259 g/mol. The van der Waals surface area contributed by atoms with Gasteiger partial charge in [-0.3, -0.25) is 9.78 Å². The Morgan fingerprint density at radius 1 is 1.47 bits per heavy atom. The fraction of sp³-hybridized carbons (Fsp3) is 0.429. The van der Waals surface area contributed by atoms with E-state index in [0.29, 0.717) is 37.1 Å². The molecule has 0 spiro atoms. The molecule has 0 radical (unpaired) electrons. The number of pyridine rings is 1. The van der Waals surface area contributed by atoms with Crippen LogP contribution in [0.3, 0.4) is 0 Å². The number of likely N-dealkylation sites (tertiary alicyclic amines) is 1. The van der Waals surface area contributed by atoms with E-state index in [9.17, 15) is 9.90 Å². The van der Waals surface area contributed by atoms with Gasteiger partial charge in [-0.2, -0.15) is 0 Å². The van der Waals surface area contributed by atoms with Crippen molar-refractivity contribution in [3.8, 4) is 11.8 Å². The van der Waals surface area contributed by atoms with Crippen LogP contribution in [0.25, 0.3) is 0 Å². The van der Waals surface area contributed by atoms with Gasteiger partial charge in [0.2, 0.25) is 0 Å². The van der Waals surface area contributed by atoms with E-state index in [0.717, 1.165) is 0 Å². The zero-order chi connectivity index (χ0) is 13.7. The molecular formula is C14H17N3O2. The van der Waals surface area contributed by atoms with Gasteiger partial charge in [-0.15, -0.1) is 0 Å². The zero-order valence-electron chi connectivity index (χ0n) is 10.7. The molecule has 1 aliphatic heterocycles. The molecule has 1 amide bonds. The molecule has 1 aromatic heterocycles. The fourth-order valence-corrected chi connectivity index (χ4v) is 2.03. The Morgan fingerprint density at radius 3 is 2.89 bits per heavy atom. The topological polar surface area (TPSA) is 79.5 Å². The molecule has 1 fully saturated rings. The molecule has 5 heteroatoms. The highest BCUT2D eigenvalue weighted by atomic mass is 16.3. The van der Waals surface area contributed by atoms with Crippen LogP contribution in [0, 0.1) is 11.8 Å². The molecule has 0 aromatic carbocycles. The van der Waals surface area contributed by atoms with E-state index in [1.807, 2.05) is 0 Å². The number of aliphatic hydroxyl groups is 1. The maximum atomic E-state index is 12.3. The largest absolute Gasteiger partial charge is 0.393 e. The van der Waals surface area contributed by atoms with Gasteiger partial charge in [-0.1, -0.05) is 11.8 Å². The molecular weight excluding hydrogens is 242 g/mol. The number of hydrogen-bond donors (Lipinski definition) is 2. The minimum absolute atomic E-state index is 0.0594. The molecule has 0 aliphatic carbocycles. The van der Waals surface area contributed by atoms with Crippen molar-refractivity contribution in [3.63, 3.8) is 0 Å². The van der Waals surface area contributed by atoms with Gasteiger partial charge < -0.3 is 15.7 Å². The molecule has 5 nitrogen and oxygen atoms in total. The van der Waals surface area contributed by atoms with Gasteiger partial charge in [0.05, 0.1) is 18.2 Å². The van der Waals surface area contributed by atoms with Gasteiger partial charge in [0.15, 0.2) is 0 Å². The van der Waals surface area contributed by atoms with Crippen molar-refractivity contribution in [1.82, 2.24) is 9.88 Å². The summed E-state index contributed by atoms with van der Waals surface area (Å²) < 4.78 is 0. The van der Waals surface area contributed by atoms with Crippen LogP contribution in [0.5, 0.6) is 0 Å². The SMILES string of the molecule is NCC#Cc1cncc(C(=O)N2CCC(O)CC2)c1. The normalized spacial score (nSPS) is 15.8. The van der Waals surface area contributed by atoms with Crippen LogP contribution in [0.1, 0.15) is 28.8 Å². The number of aliphatic hydroxyl groups excluding tert-OH is 1. The molecule has 3 N–H and O–H groups in total. The van der Waals surface area contributed by atoms with E-state index in [1.165, 1.54) is 0 Å². The number of aromatic nitrogens is 1. The monoisotopic (exact) mass is 259 g/mol. The molecule has 19 heavy (non-hydrogen) atoms. The van der Waals surface area contributed by atoms with Gasteiger partial charge >= 0.3 is 0 Å². The number of rotatable bonds is 1. The van der Waals surface area contributed by atoms with E-state index in [1.54, 1.807) is 23.4 Å². The number of carbonyl (C=O) groups is 1. The van der Waals surface area contributed by atoms with Crippen molar-refractivity contribution >= 4 is 5.91 Å². The van der Waals surface area contributed by atoms with E-state index < -0.39 is 0 Å². The van der Waals surface area contributed by atoms with Crippen molar-refractivity contribution in [1.29, 1.82) is 0 Å². The first-order valence-electron chi connectivity index (χ1n) is 6.32. The predicted octanol–water partition coefficient (Wildman–Crippen LogP) is -0.0113. The van der Waals surface area contributed by atoms with Crippen LogP contribution in [-0.4, -0.2) is 46.6 Å². The molecule has 2 rings (SSSR count). The Kier molecular flexibility index (Phi) is 4.50. The van der Waals surface area contributed by atoms with Crippen LogP contribution in [0.15, 0.2) is 18.5 Å². The lowest BCUT2D eigenvalue weighted by Crippen LogP contribution is -2.40. The Bertz CT molecular complexity index is 511. The third kappa shape index (κ3) is 3.53. The van der Waals surface area contributed by atoms with Crippen molar-refractivity contribution in [3.05, 3.63) is 29.6 Å². The summed E-state index contributed by atoms with van der Waals surface area (Å²) in [6, 6.07) is 1.73. The fourth-order valence-electron chi connectivity index (χ4n) is 2.03. The molecule has 0 unspecified atom stereocenters. The van der Waals surface area contributed by atoms with E-state index in [-0.39, 0.29) is 18.6 Å². The summed E-state index contributed by atoms with van der Waals surface area (Å²) in [5.74, 6) is 5.54. The van der Waals surface area contributed by atoms with Crippen LogP contribution in [-0.2, 0) is 0 Å². The van der Waals surface area contributed by atoms with Crippen LogP contribution < -0.4 is 5.73 Å². The number of nitrogens with zero attached hydrogens (tertiary/aromatic N) is 2. The summed E-state index contributed by atoms with van der Waals surface area (Å²) in [5, 5.41) is 9.44. The van der Waals surface area contributed by atoms with Gasteiger partial charge in [0, 0.05) is 31.0 Å². The van der Waals surface area contributed by atoms with Crippen LogP contribution in [0.4, 0.5) is 0 Å². The quantitative estimate of drug-likeness (QED) is 0.695. The van der Waals surface area contributed by atoms with E-state index >= 15 is 0 Å². The number of carbonyl (C=O) groups excluding carboxylic acids is 1. The maximum absolute atomic E-state index is 12.3. The second-order valence-corrected chi connectivity index (χ2v) is 4.49. The molecule has 0 saturated carbocycles. The highest BCUT2D eigenvalue weighted by Gasteiger charge is 2.22. The summed E-state index contributed by atoms with van der Waals surface area (Å²) in [7, 11) is 0. The second-order valence-electron chi connectivity index (χ2n) is 4.49.